The summed E-state index contributed by atoms with van der Waals surface area (Å²) in [7, 11) is -4.35. The molecule has 126 valence electrons. The van der Waals surface area contributed by atoms with E-state index in [1.54, 1.807) is 31.2 Å². The van der Waals surface area contributed by atoms with Crippen LogP contribution in [0.2, 0.25) is 0 Å². The molecule has 2 amide bonds. The van der Waals surface area contributed by atoms with Crippen LogP contribution in [-0.4, -0.2) is 48.1 Å². The molecule has 0 spiro atoms. The number of ether oxygens (including phenoxy) is 1. The van der Waals surface area contributed by atoms with Gasteiger partial charge in [-0.05, 0) is 12.5 Å². The Labute approximate surface area is 132 Å². The number of carbonyl (C=O) groups is 2. The van der Waals surface area contributed by atoms with Crippen molar-refractivity contribution in [2.75, 3.05) is 5.94 Å². The Balaban J connectivity index is 1.78. The minimum atomic E-state index is -4.35. The zero-order valence-electron chi connectivity index (χ0n) is 12.2. The van der Waals surface area contributed by atoms with E-state index in [4.69, 9.17) is 9.29 Å². The predicted octanol–water partition coefficient (Wildman–Crippen LogP) is 0.289. The zero-order chi connectivity index (χ0) is 17.0. The van der Waals surface area contributed by atoms with Crippen molar-refractivity contribution < 1.29 is 32.1 Å². The van der Waals surface area contributed by atoms with Crippen LogP contribution in [0.1, 0.15) is 12.5 Å². The van der Waals surface area contributed by atoms with Gasteiger partial charge in [0.2, 0.25) is 5.94 Å². The number of hydrogen-bond acceptors (Lipinski definition) is 6. The third-order valence-electron chi connectivity index (χ3n) is 3.16. The van der Waals surface area contributed by atoms with Gasteiger partial charge in [-0.1, -0.05) is 30.3 Å². The number of alkyl carbamates (subject to hydrolysis) is 1. The highest BCUT2D eigenvalue weighted by Crippen LogP contribution is 2.20. The van der Waals surface area contributed by atoms with Crippen molar-refractivity contribution >= 4 is 22.1 Å². The van der Waals surface area contributed by atoms with E-state index in [0.29, 0.717) is 0 Å². The second-order valence-corrected chi connectivity index (χ2v) is 6.32. The maximum atomic E-state index is 11.8. The normalized spacial score (nSPS) is 20.8. The monoisotopic (exact) mass is 344 g/mol. The maximum Gasteiger partial charge on any atom is 0.408 e. The molecule has 0 radical (unpaired) electrons. The molecule has 0 aromatic heterocycles. The van der Waals surface area contributed by atoms with Crippen LogP contribution in [0.25, 0.3) is 0 Å². The summed E-state index contributed by atoms with van der Waals surface area (Å²) in [6.07, 6.45) is -0.770. The highest BCUT2D eigenvalue weighted by molar-refractivity contribution is 7.85. The minimum absolute atomic E-state index is 0.0605. The lowest BCUT2D eigenvalue weighted by Crippen LogP contribution is -2.69. The molecule has 2 N–H and O–H groups in total. The molecule has 1 heterocycles. The molecule has 1 aliphatic heterocycles. The molecule has 2 rings (SSSR count). The van der Waals surface area contributed by atoms with Gasteiger partial charge in [-0.2, -0.15) is 8.42 Å². The first-order valence-corrected chi connectivity index (χ1v) is 8.27. The number of carbonyl (C=O) groups excluding carboxylic acids is 2. The van der Waals surface area contributed by atoms with Crippen LogP contribution in [0.5, 0.6) is 0 Å². The number of β-lactam (4-membered cyclic amide) rings is 1. The highest BCUT2D eigenvalue weighted by Gasteiger charge is 2.47. The number of rotatable bonds is 6. The first-order chi connectivity index (χ1) is 10.8. The van der Waals surface area contributed by atoms with E-state index in [2.05, 4.69) is 10.2 Å². The first-order valence-electron chi connectivity index (χ1n) is 6.66. The van der Waals surface area contributed by atoms with Crippen molar-refractivity contribution in [2.24, 2.45) is 0 Å². The second-order valence-electron chi connectivity index (χ2n) is 4.92. The molecule has 1 saturated heterocycles. The number of amides is 2. The fourth-order valence-corrected chi connectivity index (χ4v) is 2.22. The summed E-state index contributed by atoms with van der Waals surface area (Å²) in [6.45, 7) is 1.61. The van der Waals surface area contributed by atoms with Gasteiger partial charge in [-0.15, -0.1) is 0 Å². The number of nitrogens with zero attached hydrogens (tertiary/aromatic N) is 1. The summed E-state index contributed by atoms with van der Waals surface area (Å²) in [5.41, 5.74) is 0.800. The molecule has 1 aromatic carbocycles. The third-order valence-corrected chi connectivity index (χ3v) is 3.57. The largest absolute Gasteiger partial charge is 0.445 e. The van der Waals surface area contributed by atoms with Gasteiger partial charge in [-0.25, -0.2) is 9.86 Å². The summed E-state index contributed by atoms with van der Waals surface area (Å²) in [4.78, 5) is 28.1. The van der Waals surface area contributed by atoms with Crippen molar-refractivity contribution in [3.63, 3.8) is 0 Å². The average Bonchev–Trinajstić information content (AvgIpc) is 2.50. The molecular weight excluding hydrogens is 328 g/mol. The number of benzene rings is 1. The quantitative estimate of drug-likeness (QED) is 0.562. The van der Waals surface area contributed by atoms with E-state index >= 15 is 0 Å². The van der Waals surface area contributed by atoms with E-state index < -0.39 is 40.1 Å². The molecule has 23 heavy (non-hydrogen) atoms. The Morgan fingerprint density at radius 3 is 2.57 bits per heavy atom. The van der Waals surface area contributed by atoms with Gasteiger partial charge in [0.25, 0.3) is 16.0 Å². The summed E-state index contributed by atoms with van der Waals surface area (Å²) in [5.74, 6) is -1.66. The zero-order valence-corrected chi connectivity index (χ0v) is 13.0. The SMILES string of the molecule is CC1[C@H](NC(=O)OCc2ccccc2)C(=O)N1OCS(=O)(=O)O. The third kappa shape index (κ3) is 4.65. The Bertz CT molecular complexity index is 677. The van der Waals surface area contributed by atoms with E-state index in [9.17, 15) is 18.0 Å². The number of hydroxylamine groups is 2. The van der Waals surface area contributed by atoms with Crippen LogP contribution < -0.4 is 5.32 Å². The predicted molar refractivity (Wildman–Crippen MR) is 77.4 cm³/mol. The molecule has 9 nitrogen and oxygen atoms in total. The Kier molecular flexibility index (Phi) is 5.19. The summed E-state index contributed by atoms with van der Waals surface area (Å²) in [6, 6.07) is 7.55. The van der Waals surface area contributed by atoms with Crippen LogP contribution in [0.3, 0.4) is 0 Å². The molecule has 10 heteroatoms. The smallest absolute Gasteiger partial charge is 0.408 e. The van der Waals surface area contributed by atoms with Crippen LogP contribution in [0.4, 0.5) is 4.79 Å². The Morgan fingerprint density at radius 2 is 2.00 bits per heavy atom. The summed E-state index contributed by atoms with van der Waals surface area (Å²) < 4.78 is 34.7. The van der Waals surface area contributed by atoms with E-state index in [-0.39, 0.29) is 6.61 Å². The van der Waals surface area contributed by atoms with Crippen LogP contribution in [-0.2, 0) is 31.1 Å². The molecule has 1 aliphatic rings. The number of hydrogen-bond donors (Lipinski definition) is 2. The second kappa shape index (κ2) is 6.94. The van der Waals surface area contributed by atoms with Crippen LogP contribution in [0, 0.1) is 0 Å². The number of nitrogens with one attached hydrogen (secondary N) is 1. The topological polar surface area (TPSA) is 122 Å². The van der Waals surface area contributed by atoms with Crippen molar-refractivity contribution in [1.29, 1.82) is 0 Å². The average molecular weight is 344 g/mol. The lowest BCUT2D eigenvalue weighted by Gasteiger charge is -2.43. The van der Waals surface area contributed by atoms with E-state index in [0.717, 1.165) is 10.6 Å². The summed E-state index contributed by atoms with van der Waals surface area (Å²) >= 11 is 0. The van der Waals surface area contributed by atoms with E-state index in [1.807, 2.05) is 6.07 Å². The molecule has 2 atom stereocenters. The minimum Gasteiger partial charge on any atom is -0.445 e. The standard InChI is InChI=1S/C13H16N2O7S/c1-9-11(12(16)15(9)22-8-23(18,19)20)14-13(17)21-7-10-5-3-2-4-6-10/h2-6,9,11H,7-8H2,1H3,(H,14,17)(H,18,19,20)/t9?,11-/m0/s1. The highest BCUT2D eigenvalue weighted by atomic mass is 32.2. The molecular formula is C13H16N2O7S. The molecule has 0 bridgehead atoms. The van der Waals surface area contributed by atoms with Crippen LogP contribution >= 0.6 is 0 Å². The van der Waals surface area contributed by atoms with Gasteiger partial charge >= 0.3 is 6.09 Å². The molecule has 1 fully saturated rings. The first kappa shape index (κ1) is 17.2. The van der Waals surface area contributed by atoms with Crippen LogP contribution in [0.15, 0.2) is 30.3 Å². The van der Waals surface area contributed by atoms with Gasteiger partial charge < -0.3 is 10.1 Å². The lowest BCUT2D eigenvalue weighted by atomic mass is 10.0. The van der Waals surface area contributed by atoms with Gasteiger partial charge in [0.1, 0.15) is 12.6 Å². The lowest BCUT2D eigenvalue weighted by molar-refractivity contribution is -0.224. The van der Waals surface area contributed by atoms with Crippen molar-refractivity contribution in [3.05, 3.63) is 35.9 Å². The maximum absolute atomic E-state index is 11.8. The fourth-order valence-electron chi connectivity index (χ4n) is 1.98. The van der Waals surface area contributed by atoms with Gasteiger partial charge in [-0.3, -0.25) is 14.2 Å². The Morgan fingerprint density at radius 1 is 1.35 bits per heavy atom. The molecule has 0 saturated carbocycles. The van der Waals surface area contributed by atoms with Gasteiger partial charge in [0.15, 0.2) is 0 Å². The van der Waals surface area contributed by atoms with Gasteiger partial charge in [0, 0.05) is 0 Å². The summed E-state index contributed by atoms with van der Waals surface area (Å²) in [5, 5.41) is 3.14. The van der Waals surface area contributed by atoms with Crippen molar-refractivity contribution in [1.82, 2.24) is 10.4 Å². The molecule has 0 aliphatic carbocycles. The van der Waals surface area contributed by atoms with Crippen molar-refractivity contribution in [2.45, 2.75) is 25.6 Å². The van der Waals surface area contributed by atoms with E-state index in [1.165, 1.54) is 0 Å². The Hall–Kier alpha value is -2.17. The molecule has 1 unspecified atom stereocenters. The fraction of sp³-hybridized carbons (Fsp3) is 0.385. The van der Waals surface area contributed by atoms with Crippen molar-refractivity contribution in [3.8, 4) is 0 Å². The molecule has 1 aromatic rings. The van der Waals surface area contributed by atoms with Gasteiger partial charge in [0.05, 0.1) is 6.04 Å².